The SMILES string of the molecule is Cc1[nH]ncc1CCCNC(=O)N1CCC[C@@H]1c1cccs1. The van der Waals surface area contributed by atoms with Crippen molar-refractivity contribution < 1.29 is 4.79 Å². The van der Waals surface area contributed by atoms with E-state index in [-0.39, 0.29) is 12.1 Å². The Hall–Kier alpha value is -1.82. The summed E-state index contributed by atoms with van der Waals surface area (Å²) in [5.41, 5.74) is 2.34. The maximum Gasteiger partial charge on any atom is 0.317 e. The number of hydrogen-bond donors (Lipinski definition) is 2. The molecule has 1 saturated heterocycles. The quantitative estimate of drug-likeness (QED) is 0.831. The monoisotopic (exact) mass is 318 g/mol. The Kier molecular flexibility index (Phi) is 4.77. The number of likely N-dealkylation sites (tertiary alicyclic amines) is 1. The van der Waals surface area contributed by atoms with Crippen molar-refractivity contribution in [2.75, 3.05) is 13.1 Å². The number of carbonyl (C=O) groups is 1. The predicted octanol–water partition coefficient (Wildman–Crippen LogP) is 3.26. The van der Waals surface area contributed by atoms with Gasteiger partial charge >= 0.3 is 6.03 Å². The number of carbonyl (C=O) groups excluding carboxylic acids is 1. The van der Waals surface area contributed by atoms with E-state index in [1.807, 2.05) is 18.0 Å². The highest BCUT2D eigenvalue weighted by molar-refractivity contribution is 7.10. The lowest BCUT2D eigenvalue weighted by atomic mass is 10.1. The van der Waals surface area contributed by atoms with Crippen molar-refractivity contribution in [1.82, 2.24) is 20.4 Å². The zero-order valence-corrected chi connectivity index (χ0v) is 13.7. The number of H-pyrrole nitrogens is 1. The van der Waals surface area contributed by atoms with Crippen LogP contribution in [0.25, 0.3) is 0 Å². The molecular weight excluding hydrogens is 296 g/mol. The molecule has 118 valence electrons. The number of urea groups is 1. The van der Waals surface area contributed by atoms with Crippen LogP contribution in [0.2, 0.25) is 0 Å². The second-order valence-corrected chi connectivity index (χ2v) is 6.70. The van der Waals surface area contributed by atoms with Crippen molar-refractivity contribution in [2.24, 2.45) is 0 Å². The van der Waals surface area contributed by atoms with E-state index in [1.54, 1.807) is 11.3 Å². The molecule has 3 heterocycles. The molecule has 6 heteroatoms. The van der Waals surface area contributed by atoms with Crippen LogP contribution in [0.3, 0.4) is 0 Å². The van der Waals surface area contributed by atoms with Crippen molar-refractivity contribution in [1.29, 1.82) is 0 Å². The first-order valence-electron chi connectivity index (χ1n) is 7.82. The molecule has 0 aromatic carbocycles. The molecule has 0 bridgehead atoms. The molecule has 5 nitrogen and oxygen atoms in total. The van der Waals surface area contributed by atoms with Crippen molar-refractivity contribution in [3.63, 3.8) is 0 Å². The number of hydrogen-bond acceptors (Lipinski definition) is 3. The summed E-state index contributed by atoms with van der Waals surface area (Å²) < 4.78 is 0. The number of rotatable bonds is 5. The molecule has 1 atom stereocenters. The van der Waals surface area contributed by atoms with Gasteiger partial charge in [0, 0.05) is 23.7 Å². The third-order valence-corrected chi connectivity index (χ3v) is 5.19. The largest absolute Gasteiger partial charge is 0.338 e. The Bertz CT molecular complexity index is 607. The Morgan fingerprint density at radius 1 is 1.59 bits per heavy atom. The van der Waals surface area contributed by atoms with E-state index in [4.69, 9.17) is 0 Å². The summed E-state index contributed by atoms with van der Waals surface area (Å²) in [4.78, 5) is 15.7. The molecule has 2 amide bonds. The van der Waals surface area contributed by atoms with Gasteiger partial charge in [0.25, 0.3) is 0 Å². The van der Waals surface area contributed by atoms with Gasteiger partial charge in [0.1, 0.15) is 0 Å². The lowest BCUT2D eigenvalue weighted by Gasteiger charge is -2.24. The number of aromatic nitrogens is 2. The second-order valence-electron chi connectivity index (χ2n) is 5.72. The molecule has 0 unspecified atom stereocenters. The molecule has 2 aromatic rings. The van der Waals surface area contributed by atoms with E-state index in [0.717, 1.165) is 37.9 Å². The minimum Gasteiger partial charge on any atom is -0.338 e. The fourth-order valence-electron chi connectivity index (χ4n) is 2.99. The molecule has 22 heavy (non-hydrogen) atoms. The number of nitrogens with zero attached hydrogens (tertiary/aromatic N) is 2. The molecule has 2 aromatic heterocycles. The van der Waals surface area contributed by atoms with Crippen molar-refractivity contribution in [3.8, 4) is 0 Å². The number of thiophene rings is 1. The first kappa shape index (κ1) is 15.1. The molecule has 1 fully saturated rings. The molecule has 1 aliphatic heterocycles. The smallest absolute Gasteiger partial charge is 0.317 e. The van der Waals surface area contributed by atoms with Crippen LogP contribution in [0.15, 0.2) is 23.7 Å². The van der Waals surface area contributed by atoms with Gasteiger partial charge in [0.15, 0.2) is 0 Å². The summed E-state index contributed by atoms with van der Waals surface area (Å²) >= 11 is 1.74. The van der Waals surface area contributed by atoms with E-state index in [9.17, 15) is 4.79 Å². The first-order chi connectivity index (χ1) is 10.8. The van der Waals surface area contributed by atoms with Gasteiger partial charge in [-0.05, 0) is 49.6 Å². The minimum atomic E-state index is 0.0693. The number of nitrogens with one attached hydrogen (secondary N) is 2. The highest BCUT2D eigenvalue weighted by Gasteiger charge is 2.30. The zero-order valence-electron chi connectivity index (χ0n) is 12.8. The van der Waals surface area contributed by atoms with Crippen LogP contribution in [-0.4, -0.2) is 34.2 Å². The molecule has 0 saturated carbocycles. The van der Waals surface area contributed by atoms with Gasteiger partial charge in [0.05, 0.1) is 12.2 Å². The molecule has 3 rings (SSSR count). The molecular formula is C16H22N4OS. The van der Waals surface area contributed by atoms with E-state index in [2.05, 4.69) is 33.0 Å². The van der Waals surface area contributed by atoms with Gasteiger partial charge in [0.2, 0.25) is 0 Å². The first-order valence-corrected chi connectivity index (χ1v) is 8.70. The van der Waals surface area contributed by atoms with Gasteiger partial charge in [-0.15, -0.1) is 11.3 Å². The fourth-order valence-corrected chi connectivity index (χ4v) is 3.86. The highest BCUT2D eigenvalue weighted by Crippen LogP contribution is 2.34. The van der Waals surface area contributed by atoms with E-state index in [0.29, 0.717) is 6.54 Å². The summed E-state index contributed by atoms with van der Waals surface area (Å²) in [6.07, 6.45) is 5.90. The number of aromatic amines is 1. The van der Waals surface area contributed by atoms with Crippen LogP contribution in [-0.2, 0) is 6.42 Å². The summed E-state index contributed by atoms with van der Waals surface area (Å²) in [6.45, 7) is 3.59. The zero-order chi connectivity index (χ0) is 15.4. The van der Waals surface area contributed by atoms with Gasteiger partial charge in [-0.25, -0.2) is 4.79 Å². The van der Waals surface area contributed by atoms with Crippen molar-refractivity contribution in [3.05, 3.63) is 39.8 Å². The van der Waals surface area contributed by atoms with Crippen molar-refractivity contribution in [2.45, 2.75) is 38.6 Å². The van der Waals surface area contributed by atoms with Crippen LogP contribution < -0.4 is 5.32 Å². The van der Waals surface area contributed by atoms with Crippen LogP contribution in [0, 0.1) is 6.92 Å². The van der Waals surface area contributed by atoms with E-state index in [1.165, 1.54) is 10.4 Å². The number of amides is 2. The second kappa shape index (κ2) is 6.96. The Morgan fingerprint density at radius 3 is 3.23 bits per heavy atom. The summed E-state index contributed by atoms with van der Waals surface area (Å²) in [7, 11) is 0. The average molecular weight is 318 g/mol. The lowest BCUT2D eigenvalue weighted by Crippen LogP contribution is -2.39. The maximum atomic E-state index is 12.4. The number of aryl methyl sites for hydroxylation is 2. The molecule has 0 aliphatic carbocycles. The molecule has 0 radical (unpaired) electrons. The van der Waals surface area contributed by atoms with Gasteiger partial charge < -0.3 is 10.2 Å². The maximum absolute atomic E-state index is 12.4. The lowest BCUT2D eigenvalue weighted by molar-refractivity contribution is 0.193. The van der Waals surface area contributed by atoms with Crippen molar-refractivity contribution >= 4 is 17.4 Å². The Labute approximate surface area is 134 Å². The Morgan fingerprint density at radius 2 is 2.50 bits per heavy atom. The molecule has 2 N–H and O–H groups in total. The van der Waals surface area contributed by atoms with Crippen LogP contribution in [0.5, 0.6) is 0 Å². The van der Waals surface area contributed by atoms with E-state index >= 15 is 0 Å². The van der Waals surface area contributed by atoms with Crippen LogP contribution in [0.1, 0.15) is 41.4 Å². The highest BCUT2D eigenvalue weighted by atomic mass is 32.1. The molecule has 1 aliphatic rings. The third kappa shape index (κ3) is 3.32. The summed E-state index contributed by atoms with van der Waals surface area (Å²) in [5, 5.41) is 12.1. The van der Waals surface area contributed by atoms with Gasteiger partial charge in [-0.3, -0.25) is 5.10 Å². The Balaban J connectivity index is 1.46. The third-order valence-electron chi connectivity index (χ3n) is 4.22. The fraction of sp³-hybridized carbons (Fsp3) is 0.500. The topological polar surface area (TPSA) is 61.0 Å². The molecule has 0 spiro atoms. The normalized spacial score (nSPS) is 17.9. The van der Waals surface area contributed by atoms with E-state index < -0.39 is 0 Å². The minimum absolute atomic E-state index is 0.0693. The van der Waals surface area contributed by atoms with Crippen LogP contribution in [0.4, 0.5) is 4.79 Å². The standard InChI is InChI=1S/C16H22N4OS/c1-12-13(11-18-19-12)5-2-8-17-16(21)20-9-3-6-14(20)15-7-4-10-22-15/h4,7,10-11,14H,2-3,5-6,8-9H2,1H3,(H,17,21)(H,18,19)/t14-/m1/s1. The van der Waals surface area contributed by atoms with Crippen LogP contribution >= 0.6 is 11.3 Å². The average Bonchev–Trinajstić information content (AvgIpc) is 3.24. The van der Waals surface area contributed by atoms with Gasteiger partial charge in [-0.1, -0.05) is 6.07 Å². The predicted molar refractivity (Wildman–Crippen MR) is 88.0 cm³/mol. The summed E-state index contributed by atoms with van der Waals surface area (Å²) in [5.74, 6) is 0. The van der Waals surface area contributed by atoms with Gasteiger partial charge in [-0.2, -0.15) is 5.10 Å². The summed E-state index contributed by atoms with van der Waals surface area (Å²) in [6, 6.07) is 4.51.